The molecule has 65 heavy (non-hydrogen) atoms. The van der Waals surface area contributed by atoms with Crippen LogP contribution in [0.2, 0.25) is 0 Å². The molecular weight excluding hydrogens is 787 g/mol. The Bertz CT molecular complexity index is 3860. The van der Waals surface area contributed by atoms with Gasteiger partial charge in [0, 0.05) is 33.2 Å². The Kier molecular flexibility index (Phi) is 7.64. The molecule has 0 radical (unpaired) electrons. The van der Waals surface area contributed by atoms with Crippen molar-refractivity contribution in [3.8, 4) is 44.5 Å². The molecule has 2 nitrogen and oxygen atoms in total. The van der Waals surface area contributed by atoms with Crippen molar-refractivity contribution in [2.45, 2.75) is 5.41 Å². The monoisotopic (exact) mass is 825 g/mol. The van der Waals surface area contributed by atoms with Gasteiger partial charge in [-0.1, -0.05) is 200 Å². The van der Waals surface area contributed by atoms with Crippen molar-refractivity contribution in [1.29, 1.82) is 0 Å². The van der Waals surface area contributed by atoms with Gasteiger partial charge in [-0.3, -0.25) is 0 Å². The topological polar surface area (TPSA) is 16.4 Å². The molecule has 14 rings (SSSR count). The lowest BCUT2D eigenvalue weighted by molar-refractivity contribution is 0.670. The summed E-state index contributed by atoms with van der Waals surface area (Å²) in [5, 5.41) is 7.09. The van der Waals surface area contributed by atoms with Crippen LogP contribution in [0.3, 0.4) is 0 Å². The lowest BCUT2D eigenvalue weighted by Gasteiger charge is -2.32. The van der Waals surface area contributed by atoms with Gasteiger partial charge in [-0.25, -0.2) is 0 Å². The summed E-state index contributed by atoms with van der Waals surface area (Å²) in [5.74, 6) is 0. The first-order valence-electron chi connectivity index (χ1n) is 22.5. The molecule has 1 heterocycles. The average Bonchev–Trinajstić information content (AvgIpc) is 4.00. The zero-order chi connectivity index (χ0) is 42.6. The van der Waals surface area contributed by atoms with E-state index in [1.54, 1.807) is 0 Å². The Hall–Kier alpha value is -8.46. The van der Waals surface area contributed by atoms with Crippen LogP contribution < -0.4 is 4.90 Å². The van der Waals surface area contributed by atoms with E-state index < -0.39 is 5.41 Å². The number of nitrogens with zero attached hydrogens (tertiary/aromatic N) is 1. The summed E-state index contributed by atoms with van der Waals surface area (Å²) in [6.07, 6.45) is 0. The quantitative estimate of drug-likeness (QED) is 0.172. The van der Waals surface area contributed by atoms with Crippen molar-refractivity contribution in [3.05, 3.63) is 259 Å². The van der Waals surface area contributed by atoms with E-state index in [0.717, 1.165) is 50.1 Å². The number of benzene rings is 11. The van der Waals surface area contributed by atoms with Gasteiger partial charge in [-0.05, 0) is 108 Å². The second kappa shape index (κ2) is 13.8. The predicted octanol–water partition coefficient (Wildman–Crippen LogP) is 17.0. The van der Waals surface area contributed by atoms with Crippen LogP contribution in [0.5, 0.6) is 0 Å². The highest BCUT2D eigenvalue weighted by molar-refractivity contribution is 6.14. The van der Waals surface area contributed by atoms with Crippen LogP contribution >= 0.6 is 0 Å². The molecule has 0 aliphatic heterocycles. The first kappa shape index (κ1) is 36.1. The molecule has 1 aromatic heterocycles. The van der Waals surface area contributed by atoms with E-state index in [-0.39, 0.29) is 0 Å². The van der Waals surface area contributed by atoms with Crippen LogP contribution in [0, 0.1) is 0 Å². The molecular formula is C63H39NO. The normalized spacial score (nSPS) is 13.0. The molecule has 302 valence electrons. The third-order valence-corrected chi connectivity index (χ3v) is 14.3. The van der Waals surface area contributed by atoms with Gasteiger partial charge in [-0.2, -0.15) is 0 Å². The summed E-state index contributed by atoms with van der Waals surface area (Å²) in [6, 6.07) is 87.0. The highest BCUT2D eigenvalue weighted by Crippen LogP contribution is 2.65. The molecule has 0 saturated heterocycles. The van der Waals surface area contributed by atoms with E-state index in [9.17, 15) is 0 Å². The van der Waals surface area contributed by atoms with Gasteiger partial charge in [-0.15, -0.1) is 0 Å². The third-order valence-electron chi connectivity index (χ3n) is 14.3. The molecule has 0 unspecified atom stereocenters. The molecule has 1 spiro atoms. The smallest absolute Gasteiger partial charge is 0.143 e. The van der Waals surface area contributed by atoms with Crippen molar-refractivity contribution in [2.24, 2.45) is 0 Å². The maximum Gasteiger partial charge on any atom is 0.143 e. The average molecular weight is 826 g/mol. The standard InChI is InChI=1S/C63H39NO/c1-2-18-43-39-60-53(38-42(43)17-1)51-27-14-26-50(62(51)65-60)49-23-8-12-32-58(49)64(44-36-34-41(35-37-44)46-25-13-19-40-16-3-4-20-45(40)46)59-33-15-31-57-61(59)52-24-7-11-30-56(52)63(57)54-28-9-5-21-47(54)48-22-6-10-29-55(48)63/h1-39H. The van der Waals surface area contributed by atoms with E-state index in [2.05, 4.69) is 241 Å². The van der Waals surface area contributed by atoms with Gasteiger partial charge in [0.2, 0.25) is 0 Å². The molecule has 0 bridgehead atoms. The summed E-state index contributed by atoms with van der Waals surface area (Å²) in [6.45, 7) is 0. The predicted molar refractivity (Wildman–Crippen MR) is 271 cm³/mol. The molecule has 0 fully saturated rings. The number of rotatable bonds is 5. The van der Waals surface area contributed by atoms with E-state index in [1.807, 2.05) is 0 Å². The first-order chi connectivity index (χ1) is 32.3. The Morgan fingerprint density at radius 2 is 0.831 bits per heavy atom. The van der Waals surface area contributed by atoms with Crippen LogP contribution in [0.1, 0.15) is 22.3 Å². The highest BCUT2D eigenvalue weighted by Gasteiger charge is 2.52. The molecule has 11 aromatic carbocycles. The van der Waals surface area contributed by atoms with Crippen LogP contribution in [0.15, 0.2) is 241 Å². The van der Waals surface area contributed by atoms with Gasteiger partial charge in [0.15, 0.2) is 0 Å². The van der Waals surface area contributed by atoms with E-state index in [1.165, 1.54) is 77.2 Å². The number of fused-ring (bicyclic) bond motifs is 15. The number of hydrogen-bond acceptors (Lipinski definition) is 2. The van der Waals surface area contributed by atoms with Gasteiger partial charge in [0.05, 0.1) is 16.8 Å². The fourth-order valence-corrected chi connectivity index (χ4v) is 11.6. The van der Waals surface area contributed by atoms with Gasteiger partial charge >= 0.3 is 0 Å². The zero-order valence-corrected chi connectivity index (χ0v) is 35.4. The van der Waals surface area contributed by atoms with Crippen molar-refractivity contribution in [3.63, 3.8) is 0 Å². The lowest BCUT2D eigenvalue weighted by Crippen LogP contribution is -2.26. The number of furan rings is 1. The van der Waals surface area contributed by atoms with E-state index in [0.29, 0.717) is 0 Å². The Morgan fingerprint density at radius 3 is 1.60 bits per heavy atom. The van der Waals surface area contributed by atoms with Gasteiger partial charge in [0.1, 0.15) is 11.2 Å². The van der Waals surface area contributed by atoms with Crippen LogP contribution in [0.25, 0.3) is 88.0 Å². The minimum absolute atomic E-state index is 0.470. The van der Waals surface area contributed by atoms with Gasteiger partial charge < -0.3 is 9.32 Å². The molecule has 2 aliphatic carbocycles. The third kappa shape index (κ3) is 5.05. The van der Waals surface area contributed by atoms with Crippen LogP contribution in [-0.2, 0) is 5.41 Å². The fraction of sp³-hybridized carbons (Fsp3) is 0.0159. The summed E-state index contributed by atoms with van der Waals surface area (Å²) < 4.78 is 6.92. The van der Waals surface area contributed by atoms with E-state index in [4.69, 9.17) is 4.42 Å². The molecule has 0 N–H and O–H groups in total. The minimum atomic E-state index is -0.470. The summed E-state index contributed by atoms with van der Waals surface area (Å²) in [5.41, 5.74) is 19.5. The molecule has 2 heteroatoms. The fourth-order valence-electron chi connectivity index (χ4n) is 11.6. The summed E-state index contributed by atoms with van der Waals surface area (Å²) in [7, 11) is 0. The summed E-state index contributed by atoms with van der Waals surface area (Å²) >= 11 is 0. The molecule has 2 aliphatic rings. The number of para-hydroxylation sites is 2. The highest BCUT2D eigenvalue weighted by atomic mass is 16.3. The maximum atomic E-state index is 6.92. The molecule has 12 aromatic rings. The van der Waals surface area contributed by atoms with Crippen molar-refractivity contribution < 1.29 is 4.42 Å². The second-order valence-electron chi connectivity index (χ2n) is 17.5. The molecule has 0 amide bonds. The number of hydrogen-bond donors (Lipinski definition) is 0. The first-order valence-corrected chi connectivity index (χ1v) is 22.5. The van der Waals surface area contributed by atoms with Crippen LogP contribution in [-0.4, -0.2) is 0 Å². The van der Waals surface area contributed by atoms with E-state index >= 15 is 0 Å². The largest absolute Gasteiger partial charge is 0.455 e. The second-order valence-corrected chi connectivity index (χ2v) is 17.5. The molecule has 0 saturated carbocycles. The SMILES string of the molecule is c1ccc(N(c2ccc(-c3cccc4ccccc34)cc2)c2cccc3c2-c2ccccc2C32c3ccccc3-c3ccccc32)c(-c2cccc3c2oc2cc4ccccc4cc23)c1. The zero-order valence-electron chi connectivity index (χ0n) is 35.4. The Morgan fingerprint density at radius 1 is 0.323 bits per heavy atom. The number of anilines is 3. The Balaban J connectivity index is 1.04. The molecule has 0 atom stereocenters. The van der Waals surface area contributed by atoms with Gasteiger partial charge in [0.25, 0.3) is 0 Å². The lowest BCUT2D eigenvalue weighted by atomic mass is 9.70. The summed E-state index contributed by atoms with van der Waals surface area (Å²) in [4.78, 5) is 2.50. The van der Waals surface area contributed by atoms with Crippen molar-refractivity contribution in [2.75, 3.05) is 4.90 Å². The Labute approximate surface area is 376 Å². The van der Waals surface area contributed by atoms with Crippen molar-refractivity contribution in [1.82, 2.24) is 0 Å². The van der Waals surface area contributed by atoms with Crippen LogP contribution in [0.4, 0.5) is 17.1 Å². The van der Waals surface area contributed by atoms with Crippen molar-refractivity contribution >= 4 is 60.5 Å². The maximum absolute atomic E-state index is 6.92. The minimum Gasteiger partial charge on any atom is -0.455 e.